The molecule has 156 valence electrons. The molecule has 4 rings (SSSR count). The van der Waals surface area contributed by atoms with Gasteiger partial charge in [-0.3, -0.25) is 4.79 Å². The van der Waals surface area contributed by atoms with E-state index in [2.05, 4.69) is 14.7 Å². The maximum atomic E-state index is 12.7. The number of aryl methyl sites for hydroxylation is 1. The number of carbonyl (C=O) groups is 1. The monoisotopic (exact) mass is 431 g/mol. The number of rotatable bonds is 7. The first-order valence-electron chi connectivity index (χ1n) is 9.71. The molecule has 0 radical (unpaired) electrons. The minimum atomic E-state index is -0.238. The van der Waals surface area contributed by atoms with Crippen molar-refractivity contribution < 1.29 is 14.3 Å². The number of hydrogen-bond donors (Lipinski definition) is 1. The zero-order valence-electron chi connectivity index (χ0n) is 17.2. The van der Waals surface area contributed by atoms with Gasteiger partial charge >= 0.3 is 0 Å². The van der Waals surface area contributed by atoms with Crippen LogP contribution >= 0.6 is 11.5 Å². The molecule has 1 aromatic heterocycles. The summed E-state index contributed by atoms with van der Waals surface area (Å²) < 4.78 is 15.7. The van der Waals surface area contributed by atoms with Gasteiger partial charge < -0.3 is 14.8 Å². The van der Waals surface area contributed by atoms with Crippen LogP contribution < -0.4 is 14.8 Å². The minimum absolute atomic E-state index is 0.238. The first kappa shape index (κ1) is 20.6. The van der Waals surface area contributed by atoms with Crippen LogP contribution in [0.2, 0.25) is 0 Å². The molecule has 0 saturated carbocycles. The molecule has 1 amide bonds. The summed E-state index contributed by atoms with van der Waals surface area (Å²) >= 11 is 1.16. The van der Waals surface area contributed by atoms with Crippen LogP contribution in [0.15, 0.2) is 72.8 Å². The molecule has 1 heterocycles. The lowest BCUT2D eigenvalue weighted by Gasteiger charge is -2.10. The van der Waals surface area contributed by atoms with E-state index in [1.807, 2.05) is 61.5 Å². The fourth-order valence-electron chi connectivity index (χ4n) is 2.96. The Morgan fingerprint density at radius 3 is 2.52 bits per heavy atom. The number of anilines is 1. The molecule has 0 aliphatic heterocycles. The predicted molar refractivity (Wildman–Crippen MR) is 121 cm³/mol. The number of hydrogen-bond acceptors (Lipinski definition) is 6. The first-order valence-corrected chi connectivity index (χ1v) is 10.5. The second-order valence-electron chi connectivity index (χ2n) is 6.93. The van der Waals surface area contributed by atoms with Gasteiger partial charge in [0.05, 0.1) is 7.11 Å². The van der Waals surface area contributed by atoms with Crippen molar-refractivity contribution in [1.29, 1.82) is 0 Å². The molecule has 0 unspecified atom stereocenters. The van der Waals surface area contributed by atoms with Crippen LogP contribution in [0, 0.1) is 6.92 Å². The Balaban J connectivity index is 1.50. The van der Waals surface area contributed by atoms with Crippen LogP contribution in [0.1, 0.15) is 27.3 Å². The first-order chi connectivity index (χ1) is 15.1. The van der Waals surface area contributed by atoms with E-state index in [0.29, 0.717) is 34.5 Å². The highest BCUT2D eigenvalue weighted by Crippen LogP contribution is 2.33. The molecule has 0 saturated heterocycles. The Morgan fingerprint density at radius 2 is 1.77 bits per heavy atom. The van der Waals surface area contributed by atoms with Crippen LogP contribution in [0.5, 0.6) is 16.7 Å². The van der Waals surface area contributed by atoms with E-state index in [9.17, 15) is 4.79 Å². The van der Waals surface area contributed by atoms with E-state index < -0.39 is 0 Å². The number of benzene rings is 3. The van der Waals surface area contributed by atoms with Gasteiger partial charge in [0.25, 0.3) is 11.1 Å². The van der Waals surface area contributed by atoms with Crippen molar-refractivity contribution >= 4 is 23.1 Å². The van der Waals surface area contributed by atoms with Crippen molar-refractivity contribution in [3.63, 3.8) is 0 Å². The maximum Gasteiger partial charge on any atom is 0.298 e. The topological polar surface area (TPSA) is 73.3 Å². The van der Waals surface area contributed by atoms with E-state index in [0.717, 1.165) is 28.3 Å². The van der Waals surface area contributed by atoms with Crippen molar-refractivity contribution in [3.8, 4) is 16.7 Å². The molecular formula is C24H21N3O3S. The Morgan fingerprint density at radius 1 is 1.00 bits per heavy atom. The van der Waals surface area contributed by atoms with Gasteiger partial charge in [0, 0.05) is 29.2 Å². The van der Waals surface area contributed by atoms with Crippen molar-refractivity contribution in [1.82, 2.24) is 9.36 Å². The molecule has 1 N–H and O–H groups in total. The Labute approximate surface area is 184 Å². The number of methoxy groups -OCH3 is 1. The molecule has 0 aliphatic rings. The summed E-state index contributed by atoms with van der Waals surface area (Å²) in [5.74, 6) is 1.35. The molecular weight excluding hydrogens is 410 g/mol. The van der Waals surface area contributed by atoms with Gasteiger partial charge in [0.15, 0.2) is 17.3 Å². The Bertz CT molecular complexity index is 1170. The van der Waals surface area contributed by atoms with Crippen LogP contribution in [-0.4, -0.2) is 22.4 Å². The number of ether oxygens (including phenoxy) is 2. The van der Waals surface area contributed by atoms with E-state index in [4.69, 9.17) is 9.47 Å². The summed E-state index contributed by atoms with van der Waals surface area (Å²) in [5.41, 5.74) is 3.43. The van der Waals surface area contributed by atoms with Crippen LogP contribution in [-0.2, 0) is 6.42 Å². The van der Waals surface area contributed by atoms with Gasteiger partial charge in [0.2, 0.25) is 0 Å². The molecule has 3 aromatic carbocycles. The van der Waals surface area contributed by atoms with Crippen molar-refractivity contribution in [3.05, 3.63) is 95.3 Å². The van der Waals surface area contributed by atoms with Gasteiger partial charge in [-0.25, -0.2) is 0 Å². The van der Waals surface area contributed by atoms with Crippen LogP contribution in [0.4, 0.5) is 5.69 Å². The highest BCUT2D eigenvalue weighted by Gasteiger charge is 2.15. The summed E-state index contributed by atoms with van der Waals surface area (Å²) in [4.78, 5) is 17.1. The zero-order chi connectivity index (χ0) is 21.6. The Kier molecular flexibility index (Phi) is 6.24. The molecule has 0 spiro atoms. The fraction of sp³-hybridized carbons (Fsp3) is 0.125. The summed E-state index contributed by atoms with van der Waals surface area (Å²) in [5, 5.41) is 3.27. The standard InChI is InChI=1S/C24H21N3O3S/c1-16-8-11-19(12-9-16)25-23(28)18-10-13-20(29-2)21(15-18)30-24-26-22(27-31-24)14-17-6-4-3-5-7-17/h3-13,15H,14H2,1-2H3,(H,25,28). The third kappa shape index (κ3) is 5.26. The van der Waals surface area contributed by atoms with Gasteiger partial charge in [-0.1, -0.05) is 48.0 Å². The van der Waals surface area contributed by atoms with E-state index >= 15 is 0 Å². The highest BCUT2D eigenvalue weighted by atomic mass is 32.1. The molecule has 6 nitrogen and oxygen atoms in total. The summed E-state index contributed by atoms with van der Waals surface area (Å²) in [6.07, 6.45) is 0.622. The van der Waals surface area contributed by atoms with Crippen LogP contribution in [0.3, 0.4) is 0 Å². The smallest absolute Gasteiger partial charge is 0.298 e. The van der Waals surface area contributed by atoms with Crippen molar-refractivity contribution in [2.75, 3.05) is 12.4 Å². The molecule has 31 heavy (non-hydrogen) atoms. The summed E-state index contributed by atoms with van der Waals surface area (Å²) in [6, 6.07) is 22.6. The lowest BCUT2D eigenvalue weighted by atomic mass is 10.1. The third-order valence-electron chi connectivity index (χ3n) is 4.59. The van der Waals surface area contributed by atoms with E-state index in [-0.39, 0.29) is 5.91 Å². The minimum Gasteiger partial charge on any atom is -0.493 e. The number of nitrogens with one attached hydrogen (secondary N) is 1. The second-order valence-corrected chi connectivity index (χ2v) is 7.64. The van der Waals surface area contributed by atoms with Gasteiger partial charge in [-0.15, -0.1) is 0 Å². The lowest BCUT2D eigenvalue weighted by molar-refractivity contribution is 0.102. The van der Waals surface area contributed by atoms with E-state index in [1.165, 1.54) is 0 Å². The molecule has 0 atom stereocenters. The zero-order valence-corrected chi connectivity index (χ0v) is 18.0. The average molecular weight is 432 g/mol. The molecule has 0 bridgehead atoms. The average Bonchev–Trinajstić information content (AvgIpc) is 3.22. The Hall–Kier alpha value is -3.71. The fourth-order valence-corrected chi connectivity index (χ4v) is 3.52. The quantitative estimate of drug-likeness (QED) is 0.419. The molecule has 7 heteroatoms. The molecule has 4 aromatic rings. The number of amides is 1. The highest BCUT2D eigenvalue weighted by molar-refractivity contribution is 7.07. The van der Waals surface area contributed by atoms with Gasteiger partial charge in [0.1, 0.15) is 0 Å². The number of carbonyl (C=O) groups excluding carboxylic acids is 1. The third-order valence-corrected chi connectivity index (χ3v) is 5.22. The van der Waals surface area contributed by atoms with E-state index in [1.54, 1.807) is 25.3 Å². The SMILES string of the molecule is COc1ccc(C(=O)Nc2ccc(C)cc2)cc1Oc1nc(Cc2ccccc2)ns1. The number of nitrogens with zero attached hydrogens (tertiary/aromatic N) is 2. The largest absolute Gasteiger partial charge is 0.493 e. The van der Waals surface area contributed by atoms with Gasteiger partial charge in [-0.05, 0) is 42.8 Å². The van der Waals surface area contributed by atoms with Crippen LogP contribution in [0.25, 0.3) is 0 Å². The predicted octanol–water partition coefficient (Wildman–Crippen LogP) is 5.49. The van der Waals surface area contributed by atoms with Gasteiger partial charge in [-0.2, -0.15) is 9.36 Å². The normalized spacial score (nSPS) is 10.5. The maximum absolute atomic E-state index is 12.7. The van der Waals surface area contributed by atoms with Crippen molar-refractivity contribution in [2.45, 2.75) is 13.3 Å². The molecule has 0 aliphatic carbocycles. The number of aromatic nitrogens is 2. The lowest BCUT2D eigenvalue weighted by Crippen LogP contribution is -2.12. The molecule has 0 fully saturated rings. The second kappa shape index (κ2) is 9.40. The summed E-state index contributed by atoms with van der Waals surface area (Å²) in [7, 11) is 1.55. The van der Waals surface area contributed by atoms with Crippen molar-refractivity contribution in [2.24, 2.45) is 0 Å². The summed E-state index contributed by atoms with van der Waals surface area (Å²) in [6.45, 7) is 2.00.